The average molecular weight is 303 g/mol. The highest BCUT2D eigenvalue weighted by Gasteiger charge is 2.18. The first-order chi connectivity index (χ1) is 10.7. The van der Waals surface area contributed by atoms with Crippen molar-refractivity contribution in [3.05, 3.63) is 35.4 Å². The standard InChI is InChI=1S/C19H33N3/c1-4-5-17(2)15-21-10-12-22(13-11-21)16-19-8-6-18(7-9-19)14-20-3/h6-9,17,20H,4-5,10-16H2,1-3H3. The van der Waals surface area contributed by atoms with Crippen LogP contribution in [0.1, 0.15) is 37.8 Å². The Kier molecular flexibility index (Phi) is 7.37. The molecule has 1 aliphatic rings. The summed E-state index contributed by atoms with van der Waals surface area (Å²) in [5.41, 5.74) is 2.80. The fourth-order valence-electron chi connectivity index (χ4n) is 3.38. The van der Waals surface area contributed by atoms with Crippen molar-refractivity contribution in [1.82, 2.24) is 15.1 Å². The van der Waals surface area contributed by atoms with E-state index in [-0.39, 0.29) is 0 Å². The molecule has 3 heteroatoms. The second-order valence-electron chi connectivity index (χ2n) is 6.82. The summed E-state index contributed by atoms with van der Waals surface area (Å²) < 4.78 is 0. The SMILES string of the molecule is CCCC(C)CN1CCN(Cc2ccc(CNC)cc2)CC1. The van der Waals surface area contributed by atoms with Gasteiger partial charge >= 0.3 is 0 Å². The summed E-state index contributed by atoms with van der Waals surface area (Å²) in [4.78, 5) is 5.24. The number of nitrogens with zero attached hydrogens (tertiary/aromatic N) is 2. The second-order valence-corrected chi connectivity index (χ2v) is 6.82. The van der Waals surface area contributed by atoms with Gasteiger partial charge in [-0.1, -0.05) is 44.5 Å². The Hall–Kier alpha value is -0.900. The zero-order chi connectivity index (χ0) is 15.8. The van der Waals surface area contributed by atoms with E-state index in [9.17, 15) is 0 Å². The topological polar surface area (TPSA) is 18.5 Å². The smallest absolute Gasteiger partial charge is 0.0234 e. The maximum Gasteiger partial charge on any atom is 0.0234 e. The summed E-state index contributed by atoms with van der Waals surface area (Å²) in [7, 11) is 1.99. The van der Waals surface area contributed by atoms with Crippen LogP contribution in [-0.4, -0.2) is 49.6 Å². The first kappa shape index (κ1) is 17.5. The molecule has 1 saturated heterocycles. The highest BCUT2D eigenvalue weighted by Crippen LogP contribution is 2.13. The van der Waals surface area contributed by atoms with Crippen LogP contribution in [0.2, 0.25) is 0 Å². The van der Waals surface area contributed by atoms with E-state index in [2.05, 4.69) is 53.2 Å². The number of benzene rings is 1. The molecule has 0 spiro atoms. The van der Waals surface area contributed by atoms with Crippen molar-refractivity contribution in [3.63, 3.8) is 0 Å². The lowest BCUT2D eigenvalue weighted by molar-refractivity contribution is 0.114. The predicted octanol–water partition coefficient (Wildman–Crippen LogP) is 2.96. The first-order valence-electron chi connectivity index (χ1n) is 8.88. The highest BCUT2D eigenvalue weighted by molar-refractivity contribution is 5.22. The van der Waals surface area contributed by atoms with E-state index in [0.29, 0.717) is 0 Å². The van der Waals surface area contributed by atoms with E-state index in [4.69, 9.17) is 0 Å². The molecule has 0 aromatic heterocycles. The van der Waals surface area contributed by atoms with Crippen molar-refractivity contribution in [3.8, 4) is 0 Å². The quantitative estimate of drug-likeness (QED) is 0.796. The molecule has 1 heterocycles. The highest BCUT2D eigenvalue weighted by atomic mass is 15.3. The molecule has 0 bridgehead atoms. The zero-order valence-electron chi connectivity index (χ0n) is 14.6. The van der Waals surface area contributed by atoms with Gasteiger partial charge in [-0.25, -0.2) is 0 Å². The summed E-state index contributed by atoms with van der Waals surface area (Å²) in [5.74, 6) is 0.844. The van der Waals surface area contributed by atoms with Crippen LogP contribution in [0.25, 0.3) is 0 Å². The Morgan fingerprint density at radius 3 is 2.18 bits per heavy atom. The molecular formula is C19H33N3. The molecule has 2 rings (SSSR count). The maximum absolute atomic E-state index is 3.20. The molecular weight excluding hydrogens is 270 g/mol. The molecule has 1 aliphatic heterocycles. The van der Waals surface area contributed by atoms with E-state index >= 15 is 0 Å². The lowest BCUT2D eigenvalue weighted by Crippen LogP contribution is -2.47. The summed E-state index contributed by atoms with van der Waals surface area (Å²) in [6.07, 6.45) is 2.67. The Bertz CT molecular complexity index is 407. The molecule has 0 amide bonds. The molecule has 1 atom stereocenters. The number of nitrogens with one attached hydrogen (secondary N) is 1. The van der Waals surface area contributed by atoms with Crippen LogP contribution in [-0.2, 0) is 13.1 Å². The minimum absolute atomic E-state index is 0.844. The molecule has 3 nitrogen and oxygen atoms in total. The maximum atomic E-state index is 3.20. The van der Waals surface area contributed by atoms with Crippen LogP contribution in [0.4, 0.5) is 0 Å². The summed E-state index contributed by atoms with van der Waals surface area (Å²) >= 11 is 0. The van der Waals surface area contributed by atoms with Crippen molar-refractivity contribution in [2.75, 3.05) is 39.8 Å². The number of hydrogen-bond donors (Lipinski definition) is 1. The van der Waals surface area contributed by atoms with E-state index in [1.165, 1.54) is 56.7 Å². The zero-order valence-corrected chi connectivity index (χ0v) is 14.6. The second kappa shape index (κ2) is 9.29. The Morgan fingerprint density at radius 2 is 1.59 bits per heavy atom. The van der Waals surface area contributed by atoms with Gasteiger partial charge in [-0.3, -0.25) is 4.90 Å². The summed E-state index contributed by atoms with van der Waals surface area (Å²) in [6.45, 7) is 12.9. The minimum Gasteiger partial charge on any atom is -0.316 e. The van der Waals surface area contributed by atoms with Gasteiger partial charge in [0.2, 0.25) is 0 Å². The molecule has 1 unspecified atom stereocenters. The van der Waals surface area contributed by atoms with Crippen LogP contribution in [0.5, 0.6) is 0 Å². The van der Waals surface area contributed by atoms with E-state index in [1.807, 2.05) is 7.05 Å². The molecule has 1 N–H and O–H groups in total. The molecule has 124 valence electrons. The first-order valence-corrected chi connectivity index (χ1v) is 8.88. The van der Waals surface area contributed by atoms with Gasteiger partial charge in [0.25, 0.3) is 0 Å². The van der Waals surface area contributed by atoms with Crippen LogP contribution in [0.3, 0.4) is 0 Å². The molecule has 0 aliphatic carbocycles. The molecule has 1 fully saturated rings. The van der Waals surface area contributed by atoms with Crippen LogP contribution < -0.4 is 5.32 Å². The lowest BCUT2D eigenvalue weighted by Gasteiger charge is -2.36. The van der Waals surface area contributed by atoms with Crippen molar-refractivity contribution < 1.29 is 0 Å². The van der Waals surface area contributed by atoms with E-state index in [1.54, 1.807) is 0 Å². The van der Waals surface area contributed by atoms with Gasteiger partial charge in [0.1, 0.15) is 0 Å². The van der Waals surface area contributed by atoms with Crippen molar-refractivity contribution in [2.45, 2.75) is 39.8 Å². The molecule has 1 aromatic carbocycles. The van der Waals surface area contributed by atoms with E-state index < -0.39 is 0 Å². The minimum atomic E-state index is 0.844. The molecule has 0 radical (unpaired) electrons. The Morgan fingerprint density at radius 1 is 1.00 bits per heavy atom. The number of piperazine rings is 1. The number of rotatable bonds is 8. The van der Waals surface area contributed by atoms with Gasteiger partial charge in [-0.2, -0.15) is 0 Å². The molecule has 22 heavy (non-hydrogen) atoms. The van der Waals surface area contributed by atoms with Gasteiger partial charge in [-0.15, -0.1) is 0 Å². The fraction of sp³-hybridized carbons (Fsp3) is 0.684. The van der Waals surface area contributed by atoms with Crippen LogP contribution >= 0.6 is 0 Å². The molecule has 0 saturated carbocycles. The monoisotopic (exact) mass is 303 g/mol. The third kappa shape index (κ3) is 5.71. The van der Waals surface area contributed by atoms with Crippen molar-refractivity contribution >= 4 is 0 Å². The van der Waals surface area contributed by atoms with Crippen molar-refractivity contribution in [2.24, 2.45) is 5.92 Å². The predicted molar refractivity (Wildman–Crippen MR) is 95.0 cm³/mol. The lowest BCUT2D eigenvalue weighted by atomic mass is 10.1. The summed E-state index contributed by atoms with van der Waals surface area (Å²) in [6, 6.07) is 9.05. The Labute approximate surface area is 136 Å². The normalized spacial score (nSPS) is 18.5. The van der Waals surface area contributed by atoms with Gasteiger partial charge < -0.3 is 10.2 Å². The van der Waals surface area contributed by atoms with Gasteiger partial charge in [0.05, 0.1) is 0 Å². The van der Waals surface area contributed by atoms with Crippen LogP contribution in [0.15, 0.2) is 24.3 Å². The summed E-state index contributed by atoms with van der Waals surface area (Å²) in [5, 5.41) is 3.20. The van der Waals surface area contributed by atoms with Gasteiger partial charge in [0.15, 0.2) is 0 Å². The molecule has 1 aromatic rings. The van der Waals surface area contributed by atoms with Crippen molar-refractivity contribution in [1.29, 1.82) is 0 Å². The fourth-order valence-corrected chi connectivity index (χ4v) is 3.38. The van der Waals surface area contributed by atoms with Crippen LogP contribution in [0, 0.1) is 5.92 Å². The largest absolute Gasteiger partial charge is 0.316 e. The van der Waals surface area contributed by atoms with E-state index in [0.717, 1.165) is 19.0 Å². The van der Waals surface area contributed by atoms with Gasteiger partial charge in [0, 0.05) is 45.8 Å². The van der Waals surface area contributed by atoms with Gasteiger partial charge in [-0.05, 0) is 30.5 Å². The third-order valence-electron chi connectivity index (χ3n) is 4.63. The average Bonchev–Trinajstić information content (AvgIpc) is 2.52. The number of hydrogen-bond acceptors (Lipinski definition) is 3. The third-order valence-corrected chi connectivity index (χ3v) is 4.63. The Balaban J connectivity index is 1.72.